The lowest BCUT2D eigenvalue weighted by Crippen LogP contribution is -2.39. The molecule has 0 aliphatic carbocycles. The molecule has 100 valence electrons. The first-order valence-electron chi connectivity index (χ1n) is 5.90. The van der Waals surface area contributed by atoms with Crippen LogP contribution in [-0.4, -0.2) is 48.2 Å². The lowest BCUT2D eigenvalue weighted by atomic mass is 10.1. The Labute approximate surface area is 103 Å². The quantitative estimate of drug-likeness (QED) is 0.698. The molecule has 0 saturated carbocycles. The molecule has 5 nitrogen and oxygen atoms in total. The molecule has 0 spiro atoms. The summed E-state index contributed by atoms with van der Waals surface area (Å²) in [5, 5.41) is 8.41. The number of carboxylic acids is 1. The molecule has 1 N–H and O–H groups in total. The number of hydrogen-bond acceptors (Lipinski definition) is 3. The minimum absolute atomic E-state index is 0.145. The molecule has 0 unspecified atom stereocenters. The first kappa shape index (κ1) is 15.9. The van der Waals surface area contributed by atoms with Gasteiger partial charge in [-0.15, -0.1) is 0 Å². The highest BCUT2D eigenvalue weighted by molar-refractivity contribution is 5.78. The molecule has 0 heterocycles. The maximum atomic E-state index is 11.8. The standard InChI is InChI=1S/C12H23NO4/c1-9(2)5-13(6-10(3)4)11(14)7-17-8-12(15)16/h9-10H,5-8H2,1-4H3,(H,15,16). The van der Waals surface area contributed by atoms with Crippen LogP contribution in [0.2, 0.25) is 0 Å². The number of nitrogens with zero attached hydrogens (tertiary/aromatic N) is 1. The highest BCUT2D eigenvalue weighted by Gasteiger charge is 2.16. The third-order valence-electron chi connectivity index (χ3n) is 1.97. The first-order valence-corrected chi connectivity index (χ1v) is 5.90. The van der Waals surface area contributed by atoms with Crippen molar-refractivity contribution in [2.45, 2.75) is 27.7 Å². The first-order chi connectivity index (χ1) is 7.82. The predicted octanol–water partition coefficient (Wildman–Crippen LogP) is 1.23. The molecule has 5 heteroatoms. The van der Waals surface area contributed by atoms with Crippen molar-refractivity contribution in [3.63, 3.8) is 0 Å². The molecule has 0 aliphatic rings. The van der Waals surface area contributed by atoms with Gasteiger partial charge in [0.2, 0.25) is 5.91 Å². The molecule has 0 aromatic rings. The van der Waals surface area contributed by atoms with Crippen LogP contribution in [-0.2, 0) is 14.3 Å². The number of hydrogen-bond donors (Lipinski definition) is 1. The third-order valence-corrected chi connectivity index (χ3v) is 1.97. The molecular weight excluding hydrogens is 222 g/mol. The van der Waals surface area contributed by atoms with Gasteiger partial charge in [-0.3, -0.25) is 4.79 Å². The number of carboxylic acid groups (broad SMARTS) is 1. The Kier molecular flexibility index (Phi) is 7.54. The lowest BCUT2D eigenvalue weighted by Gasteiger charge is -2.26. The molecule has 0 aliphatic heterocycles. The predicted molar refractivity (Wildman–Crippen MR) is 64.7 cm³/mol. The van der Waals surface area contributed by atoms with Crippen molar-refractivity contribution in [2.24, 2.45) is 11.8 Å². The van der Waals surface area contributed by atoms with E-state index in [1.54, 1.807) is 4.90 Å². The molecule has 0 radical (unpaired) electrons. The van der Waals surface area contributed by atoms with Gasteiger partial charge in [0.25, 0.3) is 0 Å². The van der Waals surface area contributed by atoms with Crippen molar-refractivity contribution in [2.75, 3.05) is 26.3 Å². The molecular formula is C12H23NO4. The van der Waals surface area contributed by atoms with Gasteiger partial charge < -0.3 is 14.7 Å². The molecule has 0 rings (SSSR count). The van der Waals surface area contributed by atoms with E-state index in [0.717, 1.165) is 0 Å². The molecule has 0 bridgehead atoms. The van der Waals surface area contributed by atoms with Gasteiger partial charge >= 0.3 is 5.97 Å². The van der Waals surface area contributed by atoms with Gasteiger partial charge in [0, 0.05) is 13.1 Å². The maximum absolute atomic E-state index is 11.8. The van der Waals surface area contributed by atoms with Crippen LogP contribution in [0, 0.1) is 11.8 Å². The van der Waals surface area contributed by atoms with E-state index in [2.05, 4.69) is 0 Å². The summed E-state index contributed by atoms with van der Waals surface area (Å²) < 4.78 is 4.81. The summed E-state index contributed by atoms with van der Waals surface area (Å²) in [6, 6.07) is 0. The molecule has 17 heavy (non-hydrogen) atoms. The van der Waals surface area contributed by atoms with Crippen LogP contribution < -0.4 is 0 Å². The fourth-order valence-electron chi connectivity index (χ4n) is 1.48. The van der Waals surface area contributed by atoms with E-state index in [9.17, 15) is 9.59 Å². The summed E-state index contributed by atoms with van der Waals surface area (Å²) in [5.74, 6) is -0.430. The van der Waals surface area contributed by atoms with Gasteiger partial charge in [-0.2, -0.15) is 0 Å². The van der Waals surface area contributed by atoms with Crippen molar-refractivity contribution in [1.29, 1.82) is 0 Å². The number of carbonyl (C=O) groups is 2. The zero-order chi connectivity index (χ0) is 13.4. The average Bonchev–Trinajstić information content (AvgIpc) is 2.14. The van der Waals surface area contributed by atoms with Gasteiger partial charge in [-0.1, -0.05) is 27.7 Å². The SMILES string of the molecule is CC(C)CN(CC(C)C)C(=O)COCC(=O)O. The van der Waals surface area contributed by atoms with Crippen LogP contribution in [0.1, 0.15) is 27.7 Å². The maximum Gasteiger partial charge on any atom is 0.329 e. The Bertz CT molecular complexity index is 241. The van der Waals surface area contributed by atoms with Crippen molar-refractivity contribution in [3.05, 3.63) is 0 Å². The molecule has 0 aromatic carbocycles. The van der Waals surface area contributed by atoms with Crippen LogP contribution in [0.3, 0.4) is 0 Å². The Morgan fingerprint density at radius 3 is 1.88 bits per heavy atom. The lowest BCUT2D eigenvalue weighted by molar-refractivity contribution is -0.146. The van der Waals surface area contributed by atoms with E-state index >= 15 is 0 Å². The molecule has 0 fully saturated rings. The summed E-state index contributed by atoms with van der Waals surface area (Å²) in [5.41, 5.74) is 0. The van der Waals surface area contributed by atoms with Gasteiger partial charge in [0.05, 0.1) is 0 Å². The molecule has 0 saturated heterocycles. The van der Waals surface area contributed by atoms with Crippen molar-refractivity contribution >= 4 is 11.9 Å². The summed E-state index contributed by atoms with van der Waals surface area (Å²) in [6.07, 6.45) is 0. The second-order valence-electron chi connectivity index (χ2n) is 4.97. The average molecular weight is 245 g/mol. The Morgan fingerprint density at radius 1 is 1.06 bits per heavy atom. The Balaban J connectivity index is 4.17. The van der Waals surface area contributed by atoms with Crippen molar-refractivity contribution < 1.29 is 19.4 Å². The smallest absolute Gasteiger partial charge is 0.329 e. The van der Waals surface area contributed by atoms with Gasteiger partial charge in [0.1, 0.15) is 13.2 Å². The Hall–Kier alpha value is -1.10. The van der Waals surface area contributed by atoms with Crippen LogP contribution in [0.4, 0.5) is 0 Å². The topological polar surface area (TPSA) is 66.8 Å². The monoisotopic (exact) mass is 245 g/mol. The van der Waals surface area contributed by atoms with Crippen LogP contribution in [0.15, 0.2) is 0 Å². The second kappa shape index (κ2) is 8.06. The van der Waals surface area contributed by atoms with Crippen LogP contribution in [0.25, 0.3) is 0 Å². The number of carbonyl (C=O) groups excluding carboxylic acids is 1. The summed E-state index contributed by atoms with van der Waals surface area (Å²) in [4.78, 5) is 23.8. The molecule has 0 aromatic heterocycles. The van der Waals surface area contributed by atoms with Gasteiger partial charge in [-0.05, 0) is 11.8 Å². The number of amides is 1. The Morgan fingerprint density at radius 2 is 1.53 bits per heavy atom. The summed E-state index contributed by atoms with van der Waals surface area (Å²) >= 11 is 0. The minimum atomic E-state index is -1.06. The van der Waals surface area contributed by atoms with E-state index in [1.165, 1.54) is 0 Å². The highest BCUT2D eigenvalue weighted by Crippen LogP contribution is 2.04. The number of rotatable bonds is 8. The van der Waals surface area contributed by atoms with Gasteiger partial charge in [0.15, 0.2) is 0 Å². The largest absolute Gasteiger partial charge is 0.480 e. The zero-order valence-electron chi connectivity index (χ0n) is 11.1. The fraction of sp³-hybridized carbons (Fsp3) is 0.833. The number of aliphatic carboxylic acids is 1. The van der Waals surface area contributed by atoms with E-state index in [1.807, 2.05) is 27.7 Å². The van der Waals surface area contributed by atoms with Crippen molar-refractivity contribution in [1.82, 2.24) is 4.90 Å². The van der Waals surface area contributed by atoms with E-state index < -0.39 is 12.6 Å². The van der Waals surface area contributed by atoms with Gasteiger partial charge in [-0.25, -0.2) is 4.79 Å². The molecule has 0 atom stereocenters. The van der Waals surface area contributed by atoms with E-state index in [-0.39, 0.29) is 12.5 Å². The second-order valence-corrected chi connectivity index (χ2v) is 4.97. The van der Waals surface area contributed by atoms with Crippen molar-refractivity contribution in [3.8, 4) is 0 Å². The highest BCUT2D eigenvalue weighted by atomic mass is 16.5. The summed E-state index contributed by atoms with van der Waals surface area (Å²) in [7, 11) is 0. The van der Waals surface area contributed by atoms with Crippen LogP contribution in [0.5, 0.6) is 0 Å². The van der Waals surface area contributed by atoms with E-state index in [4.69, 9.17) is 9.84 Å². The minimum Gasteiger partial charge on any atom is -0.480 e. The third kappa shape index (κ3) is 8.68. The van der Waals surface area contributed by atoms with Crippen LogP contribution >= 0.6 is 0 Å². The normalized spacial score (nSPS) is 10.9. The number of ether oxygens (including phenoxy) is 1. The summed E-state index contributed by atoms with van der Waals surface area (Å²) in [6.45, 7) is 8.92. The van der Waals surface area contributed by atoms with E-state index in [0.29, 0.717) is 24.9 Å². The molecule has 1 amide bonds. The zero-order valence-corrected chi connectivity index (χ0v) is 11.1. The fourth-order valence-corrected chi connectivity index (χ4v) is 1.48.